The number of rotatable bonds is 5. The monoisotopic (exact) mass is 275 g/mol. The first-order valence-electron chi connectivity index (χ1n) is 5.81. The van der Waals surface area contributed by atoms with E-state index in [2.05, 4.69) is 4.74 Å². The quantitative estimate of drug-likeness (QED) is 0.518. The Balaban J connectivity index is 1.98. The molecule has 0 aliphatic carbocycles. The van der Waals surface area contributed by atoms with E-state index in [0.29, 0.717) is 6.42 Å². The molecule has 18 heavy (non-hydrogen) atoms. The number of nitrogens with zero attached hydrogens (tertiary/aromatic N) is 1. The molecule has 0 amide bonds. The first-order valence-corrected chi connectivity index (χ1v) is 7.31. The molecule has 0 N–H and O–H groups in total. The van der Waals surface area contributed by atoms with Crippen molar-refractivity contribution in [1.82, 2.24) is 4.31 Å². The number of hydrogen-bond acceptors (Lipinski definition) is 5. The zero-order valence-corrected chi connectivity index (χ0v) is 11.2. The molecule has 3 unspecified atom stereocenters. The van der Waals surface area contributed by atoms with Gasteiger partial charge in [0, 0.05) is 13.6 Å². The van der Waals surface area contributed by atoms with E-state index in [9.17, 15) is 13.2 Å². The number of hydrogen-bond donors (Lipinski definition) is 0. The third-order valence-corrected chi connectivity index (χ3v) is 5.63. The molecule has 102 valence electrons. The summed E-state index contributed by atoms with van der Waals surface area (Å²) in [5.74, 6) is -0.416. The Morgan fingerprint density at radius 1 is 1.50 bits per heavy atom. The van der Waals surface area contributed by atoms with Gasteiger partial charge in [-0.2, -0.15) is 0 Å². The predicted octanol–water partition coefficient (Wildman–Crippen LogP) is -0.0930. The van der Waals surface area contributed by atoms with E-state index in [1.807, 2.05) is 6.08 Å². The zero-order chi connectivity index (χ0) is 13.3. The van der Waals surface area contributed by atoms with E-state index >= 15 is 0 Å². The SMILES string of the molecule is COC(=O)CCN(C)S(=O)(=O)C1CC2C=CC1O2. The fraction of sp³-hybridized carbons (Fsp3) is 0.727. The third-order valence-electron chi connectivity index (χ3n) is 3.35. The molecular weight excluding hydrogens is 258 g/mol. The van der Waals surface area contributed by atoms with Crippen molar-refractivity contribution in [2.75, 3.05) is 20.7 Å². The molecule has 2 rings (SSSR count). The number of esters is 1. The van der Waals surface area contributed by atoms with Crippen molar-refractivity contribution in [1.29, 1.82) is 0 Å². The Bertz CT molecular complexity index is 458. The first kappa shape index (κ1) is 13.5. The molecule has 0 spiro atoms. The Labute approximate surface area is 107 Å². The van der Waals surface area contributed by atoms with Gasteiger partial charge in [-0.25, -0.2) is 12.7 Å². The number of fused-ring (bicyclic) bond motifs is 2. The molecule has 0 saturated carbocycles. The summed E-state index contributed by atoms with van der Waals surface area (Å²) in [6, 6.07) is 0. The van der Waals surface area contributed by atoms with E-state index in [0.717, 1.165) is 0 Å². The lowest BCUT2D eigenvalue weighted by Crippen LogP contribution is -2.41. The Morgan fingerprint density at radius 2 is 2.22 bits per heavy atom. The largest absolute Gasteiger partial charge is 0.469 e. The molecule has 0 radical (unpaired) electrons. The van der Waals surface area contributed by atoms with Crippen LogP contribution in [0.15, 0.2) is 12.2 Å². The molecular formula is C11H17NO5S. The summed E-state index contributed by atoms with van der Waals surface area (Å²) in [4.78, 5) is 11.0. The zero-order valence-electron chi connectivity index (χ0n) is 10.4. The minimum Gasteiger partial charge on any atom is -0.469 e. The smallest absolute Gasteiger partial charge is 0.306 e. The first-order chi connectivity index (χ1) is 8.45. The third kappa shape index (κ3) is 2.43. The van der Waals surface area contributed by atoms with Crippen LogP contribution in [0.5, 0.6) is 0 Å². The minimum atomic E-state index is -3.42. The van der Waals surface area contributed by atoms with Gasteiger partial charge in [0.25, 0.3) is 0 Å². The van der Waals surface area contributed by atoms with Crippen LogP contribution in [0.3, 0.4) is 0 Å². The van der Waals surface area contributed by atoms with Gasteiger partial charge in [0.2, 0.25) is 10.0 Å². The van der Waals surface area contributed by atoms with Crippen molar-refractivity contribution in [3.8, 4) is 0 Å². The number of carbonyl (C=O) groups is 1. The van der Waals surface area contributed by atoms with Crippen LogP contribution in [-0.2, 0) is 24.3 Å². The highest BCUT2D eigenvalue weighted by atomic mass is 32.2. The average Bonchev–Trinajstić information content (AvgIpc) is 2.97. The lowest BCUT2D eigenvalue weighted by atomic mass is 10.1. The number of carbonyl (C=O) groups excluding carboxylic acids is 1. The molecule has 3 atom stereocenters. The maximum Gasteiger partial charge on any atom is 0.306 e. The Kier molecular flexibility index (Phi) is 3.74. The maximum absolute atomic E-state index is 12.3. The van der Waals surface area contributed by atoms with Crippen molar-refractivity contribution in [2.45, 2.75) is 30.3 Å². The average molecular weight is 275 g/mol. The fourth-order valence-electron chi connectivity index (χ4n) is 2.24. The van der Waals surface area contributed by atoms with Gasteiger partial charge in [-0.1, -0.05) is 12.2 Å². The van der Waals surface area contributed by atoms with Gasteiger partial charge < -0.3 is 9.47 Å². The van der Waals surface area contributed by atoms with Crippen LogP contribution in [-0.4, -0.2) is 56.9 Å². The summed E-state index contributed by atoms with van der Waals surface area (Å²) in [5.41, 5.74) is 0. The van der Waals surface area contributed by atoms with E-state index < -0.39 is 21.2 Å². The number of ether oxygens (including phenoxy) is 2. The minimum absolute atomic E-state index is 0.0593. The standard InChI is InChI=1S/C11H17NO5S/c1-12(6-5-11(13)16-2)18(14,15)10-7-8-3-4-9(10)17-8/h3-4,8-10H,5-7H2,1-2H3. The molecule has 2 heterocycles. The van der Waals surface area contributed by atoms with E-state index in [1.165, 1.54) is 18.5 Å². The van der Waals surface area contributed by atoms with Crippen molar-refractivity contribution in [3.05, 3.63) is 12.2 Å². The van der Waals surface area contributed by atoms with Crippen molar-refractivity contribution in [3.63, 3.8) is 0 Å². The van der Waals surface area contributed by atoms with Gasteiger partial charge in [-0.05, 0) is 6.42 Å². The molecule has 1 fully saturated rings. The molecule has 0 aromatic carbocycles. The highest BCUT2D eigenvalue weighted by molar-refractivity contribution is 7.89. The summed E-state index contributed by atoms with van der Waals surface area (Å²) < 4.78 is 35.7. The van der Waals surface area contributed by atoms with Crippen LogP contribution in [0.2, 0.25) is 0 Å². The van der Waals surface area contributed by atoms with Crippen LogP contribution in [0.4, 0.5) is 0 Å². The topological polar surface area (TPSA) is 72.9 Å². The Hall–Kier alpha value is -0.920. The van der Waals surface area contributed by atoms with Crippen molar-refractivity contribution < 1.29 is 22.7 Å². The van der Waals surface area contributed by atoms with Crippen LogP contribution in [0.25, 0.3) is 0 Å². The Morgan fingerprint density at radius 3 is 2.72 bits per heavy atom. The van der Waals surface area contributed by atoms with E-state index in [-0.39, 0.29) is 25.2 Å². The normalized spacial score (nSPS) is 30.1. The lowest BCUT2D eigenvalue weighted by molar-refractivity contribution is -0.140. The summed E-state index contributed by atoms with van der Waals surface area (Å²) in [5, 5.41) is -0.532. The van der Waals surface area contributed by atoms with Crippen molar-refractivity contribution in [2.24, 2.45) is 0 Å². The molecule has 2 bridgehead atoms. The summed E-state index contributed by atoms with van der Waals surface area (Å²) in [7, 11) is -0.661. The highest BCUT2D eigenvalue weighted by Crippen LogP contribution is 2.34. The fourth-order valence-corrected chi connectivity index (χ4v) is 3.97. The maximum atomic E-state index is 12.3. The second-order valence-electron chi connectivity index (χ2n) is 4.49. The molecule has 2 aliphatic rings. The number of methoxy groups -OCH3 is 1. The van der Waals surface area contributed by atoms with Crippen LogP contribution in [0.1, 0.15) is 12.8 Å². The molecule has 0 aromatic heterocycles. The van der Waals surface area contributed by atoms with Gasteiger partial charge in [-0.15, -0.1) is 0 Å². The van der Waals surface area contributed by atoms with Crippen LogP contribution < -0.4 is 0 Å². The van der Waals surface area contributed by atoms with Crippen LogP contribution >= 0.6 is 0 Å². The van der Waals surface area contributed by atoms with Gasteiger partial charge >= 0.3 is 5.97 Å². The van der Waals surface area contributed by atoms with Crippen molar-refractivity contribution >= 4 is 16.0 Å². The predicted molar refractivity (Wildman–Crippen MR) is 64.4 cm³/mol. The van der Waals surface area contributed by atoms with E-state index in [1.54, 1.807) is 6.08 Å². The summed E-state index contributed by atoms with van der Waals surface area (Å²) in [6.07, 6.45) is 3.82. The molecule has 2 aliphatic heterocycles. The van der Waals surface area contributed by atoms with Gasteiger partial charge in [-0.3, -0.25) is 4.79 Å². The molecule has 7 heteroatoms. The molecule has 0 aromatic rings. The lowest BCUT2D eigenvalue weighted by Gasteiger charge is -2.23. The second kappa shape index (κ2) is 4.99. The van der Waals surface area contributed by atoms with Gasteiger partial charge in [0.05, 0.1) is 25.7 Å². The van der Waals surface area contributed by atoms with Crippen LogP contribution in [0, 0.1) is 0 Å². The summed E-state index contributed by atoms with van der Waals surface area (Å²) in [6.45, 7) is 0.132. The summed E-state index contributed by atoms with van der Waals surface area (Å²) >= 11 is 0. The second-order valence-corrected chi connectivity index (χ2v) is 6.75. The van der Waals surface area contributed by atoms with Gasteiger partial charge in [0.15, 0.2) is 0 Å². The number of sulfonamides is 1. The molecule has 6 nitrogen and oxygen atoms in total. The van der Waals surface area contributed by atoms with E-state index in [4.69, 9.17) is 4.74 Å². The molecule has 1 saturated heterocycles. The highest BCUT2D eigenvalue weighted by Gasteiger charge is 2.45. The van der Waals surface area contributed by atoms with Gasteiger partial charge in [0.1, 0.15) is 5.25 Å².